The predicted molar refractivity (Wildman–Crippen MR) is 97.9 cm³/mol. The van der Waals surface area contributed by atoms with Gasteiger partial charge in [-0.15, -0.1) is 0 Å². The molecule has 2 aromatic carbocycles. The number of carbonyl (C=O) groups is 2. The number of benzene rings is 2. The second-order valence-electron chi connectivity index (χ2n) is 6.42. The summed E-state index contributed by atoms with van der Waals surface area (Å²) in [5, 5.41) is 2.79. The van der Waals surface area contributed by atoms with E-state index >= 15 is 0 Å². The first-order valence-corrected chi connectivity index (χ1v) is 8.81. The van der Waals surface area contributed by atoms with Gasteiger partial charge >= 0.3 is 5.97 Å². The Labute approximate surface area is 153 Å². The number of ether oxygens (including phenoxy) is 2. The van der Waals surface area contributed by atoms with Crippen molar-refractivity contribution in [3.8, 4) is 5.75 Å². The molecule has 0 radical (unpaired) electrons. The van der Waals surface area contributed by atoms with E-state index in [1.54, 1.807) is 0 Å². The van der Waals surface area contributed by atoms with Crippen molar-refractivity contribution in [2.75, 3.05) is 7.11 Å². The molecule has 1 amide bonds. The van der Waals surface area contributed by atoms with Crippen molar-refractivity contribution >= 4 is 11.9 Å². The second-order valence-corrected chi connectivity index (χ2v) is 6.42. The summed E-state index contributed by atoms with van der Waals surface area (Å²) in [7, 11) is 1.33. The number of esters is 1. The molecule has 1 N–H and O–H groups in total. The average Bonchev–Trinajstić information content (AvgIpc) is 3.09. The smallest absolute Gasteiger partial charge is 0.328 e. The molecular weight excluding hydrogens is 330 g/mol. The quantitative estimate of drug-likeness (QED) is 0.778. The molecule has 1 unspecified atom stereocenters. The summed E-state index contributed by atoms with van der Waals surface area (Å²) in [5.41, 5.74) is 2.15. The van der Waals surface area contributed by atoms with Gasteiger partial charge in [-0.2, -0.15) is 0 Å². The van der Waals surface area contributed by atoms with Crippen LogP contribution in [-0.4, -0.2) is 31.1 Å². The fourth-order valence-corrected chi connectivity index (χ4v) is 3.16. The molecule has 2 atom stereocenters. The normalized spacial score (nSPS) is 16.3. The molecule has 1 heterocycles. The third-order valence-electron chi connectivity index (χ3n) is 4.51. The van der Waals surface area contributed by atoms with Crippen molar-refractivity contribution in [1.82, 2.24) is 5.32 Å². The van der Waals surface area contributed by atoms with Crippen molar-refractivity contribution in [2.45, 2.75) is 37.8 Å². The maximum absolute atomic E-state index is 12.3. The van der Waals surface area contributed by atoms with Gasteiger partial charge in [-0.25, -0.2) is 4.79 Å². The molecule has 5 heteroatoms. The number of nitrogens with one attached hydrogen (secondary N) is 1. The van der Waals surface area contributed by atoms with Gasteiger partial charge in [0.05, 0.1) is 7.11 Å². The van der Waals surface area contributed by atoms with Crippen LogP contribution in [0, 0.1) is 0 Å². The minimum Gasteiger partial charge on any atom is -0.490 e. The standard InChI is InChI=1S/C21H23NO4/c1-25-21(24)18(13-15-7-3-2-4-8-15)22-20(23)12-11-17-14-16-9-5-6-10-19(16)26-17/h2-10,17-18H,11-14H2,1H3,(H,22,23)/t17?,18-/m0/s1. The second kappa shape index (κ2) is 8.52. The van der Waals surface area contributed by atoms with Crippen LogP contribution in [0.2, 0.25) is 0 Å². The molecule has 0 saturated heterocycles. The van der Waals surface area contributed by atoms with Gasteiger partial charge in [-0.05, 0) is 23.6 Å². The molecule has 0 fully saturated rings. The molecule has 0 aromatic heterocycles. The Balaban J connectivity index is 1.51. The number of rotatable bonds is 7. The summed E-state index contributed by atoms with van der Waals surface area (Å²) < 4.78 is 10.7. The molecule has 2 aromatic rings. The maximum Gasteiger partial charge on any atom is 0.328 e. The van der Waals surface area contributed by atoms with Crippen molar-refractivity contribution in [3.05, 3.63) is 65.7 Å². The lowest BCUT2D eigenvalue weighted by Gasteiger charge is -2.17. The molecule has 0 saturated carbocycles. The van der Waals surface area contributed by atoms with Crippen LogP contribution < -0.4 is 10.1 Å². The highest BCUT2D eigenvalue weighted by molar-refractivity contribution is 5.84. The molecule has 0 spiro atoms. The van der Waals surface area contributed by atoms with Crippen LogP contribution in [0.25, 0.3) is 0 Å². The van der Waals surface area contributed by atoms with Crippen LogP contribution in [0.3, 0.4) is 0 Å². The zero-order valence-electron chi connectivity index (χ0n) is 14.8. The van der Waals surface area contributed by atoms with Crippen molar-refractivity contribution in [3.63, 3.8) is 0 Å². The summed E-state index contributed by atoms with van der Waals surface area (Å²) >= 11 is 0. The van der Waals surface area contributed by atoms with Crippen molar-refractivity contribution in [1.29, 1.82) is 0 Å². The first-order chi connectivity index (χ1) is 12.7. The summed E-state index contributed by atoms with van der Waals surface area (Å²) in [6.45, 7) is 0. The van der Waals surface area contributed by atoms with Gasteiger partial charge < -0.3 is 14.8 Å². The first kappa shape index (κ1) is 18.0. The summed E-state index contributed by atoms with van der Waals surface area (Å²) in [5.74, 6) is 0.289. The highest BCUT2D eigenvalue weighted by Crippen LogP contribution is 2.29. The minimum atomic E-state index is -0.684. The number of fused-ring (bicyclic) bond motifs is 1. The van der Waals surface area contributed by atoms with Gasteiger partial charge in [-0.1, -0.05) is 48.5 Å². The average molecular weight is 353 g/mol. The number of methoxy groups -OCH3 is 1. The van der Waals surface area contributed by atoms with E-state index in [0.717, 1.165) is 17.7 Å². The number of hydrogen-bond acceptors (Lipinski definition) is 4. The van der Waals surface area contributed by atoms with Crippen molar-refractivity contribution in [2.24, 2.45) is 0 Å². The zero-order chi connectivity index (χ0) is 18.4. The Morgan fingerprint density at radius 2 is 1.88 bits per heavy atom. The largest absolute Gasteiger partial charge is 0.490 e. The molecule has 1 aliphatic heterocycles. The number of amides is 1. The van der Waals surface area contributed by atoms with Crippen LogP contribution in [0.5, 0.6) is 5.75 Å². The molecular formula is C21H23NO4. The number of carbonyl (C=O) groups excluding carboxylic acids is 2. The third kappa shape index (κ3) is 4.63. The molecule has 0 aliphatic carbocycles. The first-order valence-electron chi connectivity index (χ1n) is 8.81. The Hall–Kier alpha value is -2.82. The minimum absolute atomic E-state index is 0.00356. The van der Waals surface area contributed by atoms with Crippen LogP contribution in [0.15, 0.2) is 54.6 Å². The van der Waals surface area contributed by atoms with Gasteiger partial charge in [0.1, 0.15) is 17.9 Å². The van der Waals surface area contributed by atoms with Crippen LogP contribution in [-0.2, 0) is 27.2 Å². The molecule has 136 valence electrons. The summed E-state index contributed by atoms with van der Waals surface area (Å²) in [6, 6.07) is 16.8. The monoisotopic (exact) mass is 353 g/mol. The Bertz CT molecular complexity index is 735. The molecule has 26 heavy (non-hydrogen) atoms. The lowest BCUT2D eigenvalue weighted by Crippen LogP contribution is -2.43. The number of para-hydroxylation sites is 1. The van der Waals surface area contributed by atoms with E-state index in [1.165, 1.54) is 12.7 Å². The summed E-state index contributed by atoms with van der Waals surface area (Å²) in [6.07, 6.45) is 2.14. The van der Waals surface area contributed by atoms with E-state index in [0.29, 0.717) is 19.3 Å². The maximum atomic E-state index is 12.3. The highest BCUT2D eigenvalue weighted by atomic mass is 16.5. The van der Waals surface area contributed by atoms with Crippen LogP contribution in [0.1, 0.15) is 24.0 Å². The van der Waals surface area contributed by atoms with E-state index in [1.807, 2.05) is 54.6 Å². The Morgan fingerprint density at radius 1 is 1.15 bits per heavy atom. The van der Waals surface area contributed by atoms with Gasteiger partial charge in [-0.3, -0.25) is 4.79 Å². The van der Waals surface area contributed by atoms with E-state index < -0.39 is 12.0 Å². The SMILES string of the molecule is COC(=O)[C@H](Cc1ccccc1)NC(=O)CCC1Cc2ccccc2O1. The Kier molecular flexibility index (Phi) is 5.89. The van der Waals surface area contributed by atoms with Gasteiger partial charge in [0, 0.05) is 19.3 Å². The molecule has 0 bridgehead atoms. The third-order valence-corrected chi connectivity index (χ3v) is 4.51. The van der Waals surface area contributed by atoms with Crippen molar-refractivity contribution < 1.29 is 19.1 Å². The zero-order valence-corrected chi connectivity index (χ0v) is 14.8. The van der Waals surface area contributed by atoms with E-state index in [4.69, 9.17) is 9.47 Å². The predicted octanol–water partition coefficient (Wildman–Crippen LogP) is 2.67. The molecule has 3 rings (SSSR count). The van der Waals surface area contributed by atoms with Crippen LogP contribution >= 0.6 is 0 Å². The topological polar surface area (TPSA) is 64.6 Å². The van der Waals surface area contributed by atoms with E-state index in [9.17, 15) is 9.59 Å². The summed E-state index contributed by atoms with van der Waals surface area (Å²) in [4.78, 5) is 24.3. The van der Waals surface area contributed by atoms with Gasteiger partial charge in [0.2, 0.25) is 5.91 Å². The lowest BCUT2D eigenvalue weighted by molar-refractivity contribution is -0.145. The van der Waals surface area contributed by atoms with Crippen LogP contribution in [0.4, 0.5) is 0 Å². The Morgan fingerprint density at radius 3 is 2.62 bits per heavy atom. The fraction of sp³-hybridized carbons (Fsp3) is 0.333. The highest BCUT2D eigenvalue weighted by Gasteiger charge is 2.25. The van der Waals surface area contributed by atoms with Gasteiger partial charge in [0.25, 0.3) is 0 Å². The molecule has 1 aliphatic rings. The molecule has 5 nitrogen and oxygen atoms in total. The lowest BCUT2D eigenvalue weighted by atomic mass is 10.0. The van der Waals surface area contributed by atoms with E-state index in [2.05, 4.69) is 5.32 Å². The van der Waals surface area contributed by atoms with E-state index in [-0.39, 0.29) is 12.0 Å². The fourth-order valence-electron chi connectivity index (χ4n) is 3.16. The van der Waals surface area contributed by atoms with Gasteiger partial charge in [0.15, 0.2) is 0 Å². The number of hydrogen-bond donors (Lipinski definition) is 1.